The topological polar surface area (TPSA) is 87.5 Å². The zero-order valence-corrected chi connectivity index (χ0v) is 19.3. The largest absolute Gasteiger partial charge is 0.490 e. The fourth-order valence-corrected chi connectivity index (χ4v) is 3.80. The second kappa shape index (κ2) is 9.77. The fourth-order valence-electron chi connectivity index (χ4n) is 3.80. The number of allylic oxidation sites excluding steroid dienone is 1. The first kappa shape index (κ1) is 22.4. The van der Waals surface area contributed by atoms with E-state index >= 15 is 0 Å². The molecule has 0 spiro atoms. The molecule has 1 N–H and O–H groups in total. The maximum atomic E-state index is 12.8. The number of esters is 1. The Bertz CT molecular complexity index is 1170. The van der Waals surface area contributed by atoms with E-state index in [0.29, 0.717) is 41.9 Å². The quantitative estimate of drug-likeness (QED) is 0.511. The molecule has 0 fully saturated rings. The van der Waals surface area contributed by atoms with Gasteiger partial charge in [-0.1, -0.05) is 35.9 Å². The third kappa shape index (κ3) is 4.69. The van der Waals surface area contributed by atoms with Crippen LogP contribution in [0.3, 0.4) is 0 Å². The van der Waals surface area contributed by atoms with Crippen molar-refractivity contribution in [3.8, 4) is 11.5 Å². The lowest BCUT2D eigenvalue weighted by Crippen LogP contribution is -2.29. The second-order valence-corrected chi connectivity index (χ2v) is 7.73. The maximum absolute atomic E-state index is 12.8. The average Bonchev–Trinajstić information content (AvgIpc) is 3.26. The molecule has 0 aliphatic carbocycles. The number of fused-ring (bicyclic) bond motifs is 1. The van der Waals surface area contributed by atoms with Gasteiger partial charge in [-0.25, -0.2) is 9.48 Å². The van der Waals surface area contributed by atoms with Gasteiger partial charge in [-0.3, -0.25) is 0 Å². The molecule has 1 aromatic heterocycles. The van der Waals surface area contributed by atoms with E-state index in [1.807, 2.05) is 44.2 Å². The van der Waals surface area contributed by atoms with Crippen LogP contribution >= 0.6 is 0 Å². The van der Waals surface area contributed by atoms with Crippen molar-refractivity contribution in [2.24, 2.45) is 0 Å². The number of hydrogen-bond acceptors (Lipinski definition) is 7. The van der Waals surface area contributed by atoms with Gasteiger partial charge in [0.2, 0.25) is 5.95 Å². The van der Waals surface area contributed by atoms with Crippen molar-refractivity contribution in [1.29, 1.82) is 0 Å². The van der Waals surface area contributed by atoms with E-state index in [0.717, 1.165) is 11.1 Å². The highest BCUT2D eigenvalue weighted by Crippen LogP contribution is 2.39. The molecule has 172 valence electrons. The zero-order chi connectivity index (χ0) is 23.4. The molecule has 2 heterocycles. The van der Waals surface area contributed by atoms with Gasteiger partial charge < -0.3 is 19.5 Å². The molecule has 3 aromatic rings. The summed E-state index contributed by atoms with van der Waals surface area (Å²) in [5, 5.41) is 7.49. The summed E-state index contributed by atoms with van der Waals surface area (Å²) in [5.74, 6) is 1.39. The number of ether oxygens (including phenoxy) is 3. The minimum atomic E-state index is -0.506. The van der Waals surface area contributed by atoms with Gasteiger partial charge in [-0.05, 0) is 51.0 Å². The molecule has 1 atom stereocenters. The second-order valence-electron chi connectivity index (χ2n) is 7.73. The molecule has 8 heteroatoms. The van der Waals surface area contributed by atoms with Crippen molar-refractivity contribution in [3.63, 3.8) is 0 Å². The molecule has 1 aliphatic heterocycles. The number of nitrogens with zero attached hydrogens (tertiary/aromatic N) is 3. The Kier molecular flexibility index (Phi) is 6.63. The zero-order valence-electron chi connectivity index (χ0n) is 19.3. The van der Waals surface area contributed by atoms with Gasteiger partial charge >= 0.3 is 5.97 Å². The summed E-state index contributed by atoms with van der Waals surface area (Å²) in [6.45, 7) is 8.77. The Morgan fingerprint density at radius 2 is 1.82 bits per heavy atom. The maximum Gasteiger partial charge on any atom is 0.338 e. The molecule has 0 saturated carbocycles. The number of rotatable bonds is 8. The predicted molar refractivity (Wildman–Crippen MR) is 124 cm³/mol. The molecule has 0 bridgehead atoms. The molecule has 8 nitrogen and oxygen atoms in total. The first-order chi connectivity index (χ1) is 16.0. The van der Waals surface area contributed by atoms with Crippen LogP contribution in [0.4, 0.5) is 5.95 Å². The van der Waals surface area contributed by atoms with Crippen molar-refractivity contribution in [2.75, 3.05) is 18.5 Å². The number of aryl methyl sites for hydroxylation is 1. The van der Waals surface area contributed by atoms with Crippen LogP contribution in [0.2, 0.25) is 0 Å². The van der Waals surface area contributed by atoms with E-state index < -0.39 is 12.0 Å². The Hall–Kier alpha value is -3.81. The highest BCUT2D eigenvalue weighted by molar-refractivity contribution is 5.92. The van der Waals surface area contributed by atoms with Gasteiger partial charge in [-0.2, -0.15) is 10.1 Å². The minimum absolute atomic E-state index is 0.280. The van der Waals surface area contributed by atoms with Gasteiger partial charge in [0, 0.05) is 5.70 Å². The SMILES string of the molecule is CCOC(=O)C1=C(C)Nc2ncnn2C1c1ccc(OCc2ccc(C)cc2)c(OCC)c1. The van der Waals surface area contributed by atoms with Crippen molar-refractivity contribution < 1.29 is 19.0 Å². The summed E-state index contributed by atoms with van der Waals surface area (Å²) in [7, 11) is 0. The van der Waals surface area contributed by atoms with Crippen molar-refractivity contribution in [3.05, 3.63) is 76.8 Å². The Balaban J connectivity index is 1.69. The molecule has 4 rings (SSSR count). The number of benzene rings is 2. The fraction of sp³-hybridized carbons (Fsp3) is 0.320. The minimum Gasteiger partial charge on any atom is -0.490 e. The first-order valence-corrected chi connectivity index (χ1v) is 11.0. The third-order valence-electron chi connectivity index (χ3n) is 5.39. The van der Waals surface area contributed by atoms with Crippen LogP contribution in [0.1, 0.15) is 43.5 Å². The lowest BCUT2D eigenvalue weighted by Gasteiger charge is -2.28. The van der Waals surface area contributed by atoms with Crippen LogP contribution in [-0.4, -0.2) is 33.9 Å². The molecule has 0 saturated heterocycles. The normalized spacial score (nSPS) is 15.0. The summed E-state index contributed by atoms with van der Waals surface area (Å²) in [5.41, 5.74) is 4.24. The molecule has 0 amide bonds. The Morgan fingerprint density at radius 1 is 1.03 bits per heavy atom. The van der Waals surface area contributed by atoms with Crippen LogP contribution in [0, 0.1) is 6.92 Å². The van der Waals surface area contributed by atoms with E-state index in [1.54, 1.807) is 11.6 Å². The van der Waals surface area contributed by atoms with Crippen molar-refractivity contribution in [2.45, 2.75) is 40.3 Å². The van der Waals surface area contributed by atoms with E-state index in [-0.39, 0.29) is 6.61 Å². The first-order valence-electron chi connectivity index (χ1n) is 11.0. The number of carbonyl (C=O) groups is 1. The van der Waals surface area contributed by atoms with E-state index in [1.165, 1.54) is 11.9 Å². The van der Waals surface area contributed by atoms with Crippen LogP contribution in [0.25, 0.3) is 0 Å². The van der Waals surface area contributed by atoms with E-state index in [2.05, 4.69) is 34.5 Å². The van der Waals surface area contributed by atoms with Gasteiger partial charge in [0.25, 0.3) is 0 Å². The molecule has 1 unspecified atom stereocenters. The number of nitrogens with one attached hydrogen (secondary N) is 1. The lowest BCUT2D eigenvalue weighted by atomic mass is 9.95. The van der Waals surface area contributed by atoms with Gasteiger partial charge in [-0.15, -0.1) is 0 Å². The standard InChI is InChI=1S/C25H28N4O4/c1-5-31-21-13-19(11-12-20(21)33-14-18-9-7-16(3)8-10-18)23-22(24(30)32-6-2)17(4)28-25-26-15-27-29(23)25/h7-13,15,23H,5-6,14H2,1-4H3,(H,26,27,28). The van der Waals surface area contributed by atoms with Crippen LogP contribution in [0.5, 0.6) is 11.5 Å². The molecule has 33 heavy (non-hydrogen) atoms. The highest BCUT2D eigenvalue weighted by atomic mass is 16.5. The van der Waals surface area contributed by atoms with Crippen LogP contribution in [-0.2, 0) is 16.1 Å². The summed E-state index contributed by atoms with van der Waals surface area (Å²) in [6, 6.07) is 13.4. The Morgan fingerprint density at radius 3 is 2.55 bits per heavy atom. The monoisotopic (exact) mass is 448 g/mol. The number of anilines is 1. The van der Waals surface area contributed by atoms with Crippen LogP contribution in [0.15, 0.2) is 60.1 Å². The molecule has 1 aliphatic rings. The van der Waals surface area contributed by atoms with E-state index in [4.69, 9.17) is 14.2 Å². The molecular weight excluding hydrogens is 420 g/mol. The van der Waals surface area contributed by atoms with Gasteiger partial charge in [0.15, 0.2) is 11.5 Å². The highest BCUT2D eigenvalue weighted by Gasteiger charge is 2.34. The smallest absolute Gasteiger partial charge is 0.338 e. The summed E-state index contributed by atoms with van der Waals surface area (Å²) in [6.07, 6.45) is 1.46. The van der Waals surface area contributed by atoms with E-state index in [9.17, 15) is 4.79 Å². The summed E-state index contributed by atoms with van der Waals surface area (Å²) < 4.78 is 19.0. The third-order valence-corrected chi connectivity index (χ3v) is 5.39. The van der Waals surface area contributed by atoms with Crippen LogP contribution < -0.4 is 14.8 Å². The molecule has 2 aromatic carbocycles. The van der Waals surface area contributed by atoms with Gasteiger partial charge in [0.05, 0.1) is 18.8 Å². The Labute approximate surface area is 193 Å². The molecular formula is C25H28N4O4. The number of aromatic nitrogens is 3. The van der Waals surface area contributed by atoms with Crippen molar-refractivity contribution >= 4 is 11.9 Å². The number of hydrogen-bond donors (Lipinski definition) is 1. The summed E-state index contributed by atoms with van der Waals surface area (Å²) in [4.78, 5) is 17.1. The summed E-state index contributed by atoms with van der Waals surface area (Å²) >= 11 is 0. The predicted octanol–water partition coefficient (Wildman–Crippen LogP) is 4.42. The van der Waals surface area contributed by atoms with Crippen molar-refractivity contribution in [1.82, 2.24) is 14.8 Å². The number of carbonyl (C=O) groups excluding carboxylic acids is 1. The van der Waals surface area contributed by atoms with Gasteiger partial charge in [0.1, 0.15) is 19.0 Å². The average molecular weight is 449 g/mol. The molecule has 0 radical (unpaired) electrons. The lowest BCUT2D eigenvalue weighted by molar-refractivity contribution is -0.139.